The Kier molecular flexibility index (Phi) is 3.31. The molecule has 0 aliphatic carbocycles. The summed E-state index contributed by atoms with van der Waals surface area (Å²) in [5.41, 5.74) is 4.28. The molecule has 1 aromatic carbocycles. The molecule has 0 amide bonds. The quantitative estimate of drug-likeness (QED) is 0.722. The second-order valence-corrected chi connectivity index (χ2v) is 5.40. The van der Waals surface area contributed by atoms with Gasteiger partial charge in [-0.05, 0) is 43.4 Å². The van der Waals surface area contributed by atoms with Gasteiger partial charge in [0.05, 0.1) is 5.39 Å². The van der Waals surface area contributed by atoms with E-state index in [0.29, 0.717) is 0 Å². The normalized spacial score (nSPS) is 10.9. The first kappa shape index (κ1) is 12.9. The maximum Gasteiger partial charge on any atom is 0.161 e. The van der Waals surface area contributed by atoms with E-state index in [0.717, 1.165) is 27.6 Å². The molecule has 6 heteroatoms. The Morgan fingerprint density at radius 3 is 2.75 bits per heavy atom. The van der Waals surface area contributed by atoms with Crippen LogP contribution in [0, 0.1) is 13.8 Å². The molecule has 0 aliphatic heterocycles. The fraction of sp³-hybridized carbons (Fsp3) is 0.214. The largest absolute Gasteiger partial charge is 0.339 e. The van der Waals surface area contributed by atoms with Gasteiger partial charge in [0.1, 0.15) is 17.2 Å². The van der Waals surface area contributed by atoms with Gasteiger partial charge in [-0.2, -0.15) is 5.10 Å². The number of fused-ring (bicyclic) bond motifs is 1. The lowest BCUT2D eigenvalue weighted by molar-refractivity contribution is 1.02. The number of benzene rings is 1. The number of nitrogens with zero attached hydrogens (tertiary/aromatic N) is 3. The van der Waals surface area contributed by atoms with Crippen molar-refractivity contribution in [2.24, 2.45) is 0 Å². The van der Waals surface area contributed by atoms with Crippen molar-refractivity contribution in [2.75, 3.05) is 11.6 Å². The zero-order valence-electron chi connectivity index (χ0n) is 11.6. The molecule has 2 N–H and O–H groups in total. The van der Waals surface area contributed by atoms with E-state index in [1.165, 1.54) is 17.5 Å². The Labute approximate surface area is 121 Å². The molecule has 0 fully saturated rings. The highest BCUT2D eigenvalue weighted by atomic mass is 32.2. The molecule has 2 heterocycles. The molecular formula is C14H15N5S. The highest BCUT2D eigenvalue weighted by Gasteiger charge is 2.12. The van der Waals surface area contributed by atoms with Crippen molar-refractivity contribution in [2.45, 2.75) is 18.9 Å². The van der Waals surface area contributed by atoms with Crippen LogP contribution in [0.3, 0.4) is 0 Å². The Balaban J connectivity index is 2.05. The number of aryl methyl sites for hydroxylation is 2. The Hall–Kier alpha value is -2.08. The van der Waals surface area contributed by atoms with Gasteiger partial charge < -0.3 is 5.32 Å². The summed E-state index contributed by atoms with van der Waals surface area (Å²) in [7, 11) is 0. The fourth-order valence-corrected chi connectivity index (χ4v) is 2.57. The number of rotatable bonds is 3. The molecule has 3 rings (SSSR count). The first-order valence-corrected chi connectivity index (χ1v) is 7.49. The molecule has 102 valence electrons. The monoisotopic (exact) mass is 285 g/mol. The Morgan fingerprint density at radius 2 is 2.00 bits per heavy atom. The molecule has 0 atom stereocenters. The standard InChI is InChI=1S/C14H15N5S/c1-8-4-5-10(6-9(8)2)17-12-11-13(16-7-15-12)18-19-14(11)20-3/h4-7H,1-3H3,(H2,15,16,17,18,19). The number of thioether (sulfide) groups is 1. The van der Waals surface area contributed by atoms with Crippen LogP contribution in [0.4, 0.5) is 11.5 Å². The van der Waals surface area contributed by atoms with Crippen LogP contribution in [0.2, 0.25) is 0 Å². The highest BCUT2D eigenvalue weighted by molar-refractivity contribution is 7.98. The van der Waals surface area contributed by atoms with Crippen molar-refractivity contribution in [3.8, 4) is 0 Å². The second kappa shape index (κ2) is 5.13. The average Bonchev–Trinajstić information content (AvgIpc) is 2.87. The number of anilines is 2. The van der Waals surface area contributed by atoms with Crippen molar-refractivity contribution in [3.05, 3.63) is 35.7 Å². The van der Waals surface area contributed by atoms with Gasteiger partial charge in [-0.1, -0.05) is 6.07 Å². The number of aromatic nitrogens is 4. The van der Waals surface area contributed by atoms with E-state index in [1.54, 1.807) is 11.8 Å². The summed E-state index contributed by atoms with van der Waals surface area (Å²) in [5, 5.41) is 12.3. The van der Waals surface area contributed by atoms with Crippen LogP contribution >= 0.6 is 11.8 Å². The van der Waals surface area contributed by atoms with Crippen molar-refractivity contribution < 1.29 is 0 Å². The summed E-state index contributed by atoms with van der Waals surface area (Å²) >= 11 is 1.57. The van der Waals surface area contributed by atoms with E-state index in [-0.39, 0.29) is 0 Å². The molecule has 2 aromatic heterocycles. The van der Waals surface area contributed by atoms with Crippen LogP contribution in [0.25, 0.3) is 11.0 Å². The minimum absolute atomic E-state index is 0.746. The third-order valence-corrected chi connectivity index (χ3v) is 3.97. The summed E-state index contributed by atoms with van der Waals surface area (Å²) in [6.07, 6.45) is 3.52. The number of nitrogens with one attached hydrogen (secondary N) is 2. The van der Waals surface area contributed by atoms with Crippen molar-refractivity contribution in [1.82, 2.24) is 20.2 Å². The van der Waals surface area contributed by atoms with E-state index >= 15 is 0 Å². The summed E-state index contributed by atoms with van der Waals surface area (Å²) < 4.78 is 0. The molecule has 0 spiro atoms. The number of hydrogen-bond acceptors (Lipinski definition) is 5. The van der Waals surface area contributed by atoms with Gasteiger partial charge >= 0.3 is 0 Å². The lowest BCUT2D eigenvalue weighted by Gasteiger charge is -2.09. The molecule has 5 nitrogen and oxygen atoms in total. The van der Waals surface area contributed by atoms with Gasteiger partial charge in [-0.25, -0.2) is 9.97 Å². The van der Waals surface area contributed by atoms with Crippen LogP contribution < -0.4 is 5.32 Å². The molecule has 0 bridgehead atoms. The van der Waals surface area contributed by atoms with Crippen molar-refractivity contribution >= 4 is 34.3 Å². The topological polar surface area (TPSA) is 66.5 Å². The van der Waals surface area contributed by atoms with Gasteiger partial charge in [-0.3, -0.25) is 5.10 Å². The van der Waals surface area contributed by atoms with E-state index in [9.17, 15) is 0 Å². The van der Waals surface area contributed by atoms with E-state index < -0.39 is 0 Å². The lowest BCUT2D eigenvalue weighted by atomic mass is 10.1. The van der Waals surface area contributed by atoms with Crippen molar-refractivity contribution in [1.29, 1.82) is 0 Å². The molecular weight excluding hydrogens is 270 g/mol. The number of hydrogen-bond donors (Lipinski definition) is 2. The molecule has 0 aliphatic rings. The van der Waals surface area contributed by atoms with Crippen LogP contribution in [0.1, 0.15) is 11.1 Å². The predicted molar refractivity (Wildman–Crippen MR) is 82.7 cm³/mol. The summed E-state index contributed by atoms with van der Waals surface area (Å²) in [5.74, 6) is 0.774. The van der Waals surface area contributed by atoms with Gasteiger partial charge in [0.2, 0.25) is 0 Å². The van der Waals surface area contributed by atoms with Gasteiger partial charge in [-0.15, -0.1) is 11.8 Å². The van der Waals surface area contributed by atoms with Gasteiger partial charge in [0, 0.05) is 5.69 Å². The van der Waals surface area contributed by atoms with Gasteiger partial charge in [0.25, 0.3) is 0 Å². The summed E-state index contributed by atoms with van der Waals surface area (Å²) in [4.78, 5) is 8.54. The maximum atomic E-state index is 4.34. The molecule has 3 aromatic rings. The molecule has 20 heavy (non-hydrogen) atoms. The molecule has 0 saturated carbocycles. The Morgan fingerprint density at radius 1 is 1.15 bits per heavy atom. The first-order valence-electron chi connectivity index (χ1n) is 6.26. The number of H-pyrrole nitrogens is 1. The van der Waals surface area contributed by atoms with E-state index in [1.807, 2.05) is 6.26 Å². The summed E-state index contributed by atoms with van der Waals surface area (Å²) in [6, 6.07) is 6.26. The highest BCUT2D eigenvalue weighted by Crippen LogP contribution is 2.29. The second-order valence-electron chi connectivity index (χ2n) is 4.60. The zero-order chi connectivity index (χ0) is 14.1. The molecule has 0 radical (unpaired) electrons. The van der Waals surface area contributed by atoms with Crippen LogP contribution in [0.15, 0.2) is 29.6 Å². The SMILES string of the molecule is CSc1n[nH]c2ncnc(Nc3ccc(C)c(C)c3)c12. The number of aromatic amines is 1. The lowest BCUT2D eigenvalue weighted by Crippen LogP contribution is -1.96. The van der Waals surface area contributed by atoms with Crippen LogP contribution in [0.5, 0.6) is 0 Å². The van der Waals surface area contributed by atoms with Gasteiger partial charge in [0.15, 0.2) is 5.65 Å². The minimum Gasteiger partial charge on any atom is -0.339 e. The Bertz CT molecular complexity index is 765. The van der Waals surface area contributed by atoms with E-state index in [2.05, 4.69) is 57.5 Å². The summed E-state index contributed by atoms with van der Waals surface area (Å²) in [6.45, 7) is 4.20. The fourth-order valence-electron chi connectivity index (χ4n) is 2.03. The third kappa shape index (κ3) is 2.22. The molecule has 0 unspecified atom stereocenters. The molecule has 0 saturated heterocycles. The smallest absolute Gasteiger partial charge is 0.161 e. The van der Waals surface area contributed by atoms with Crippen LogP contribution in [-0.4, -0.2) is 26.4 Å². The average molecular weight is 285 g/mol. The van der Waals surface area contributed by atoms with Crippen LogP contribution in [-0.2, 0) is 0 Å². The third-order valence-electron chi connectivity index (χ3n) is 3.29. The first-order chi connectivity index (χ1) is 9.69. The maximum absolute atomic E-state index is 4.34. The zero-order valence-corrected chi connectivity index (χ0v) is 12.4. The minimum atomic E-state index is 0.746. The van der Waals surface area contributed by atoms with Crippen molar-refractivity contribution in [3.63, 3.8) is 0 Å². The van der Waals surface area contributed by atoms with E-state index in [4.69, 9.17) is 0 Å². The predicted octanol–water partition coefficient (Wildman–Crippen LogP) is 3.44.